The second kappa shape index (κ2) is 15.0. The minimum atomic E-state index is -2.34. The highest BCUT2D eigenvalue weighted by Crippen LogP contribution is 2.39. The van der Waals surface area contributed by atoms with E-state index in [4.69, 9.17) is 9.47 Å². The van der Waals surface area contributed by atoms with E-state index >= 15 is 0 Å². The first-order valence-electron chi connectivity index (χ1n) is 16.9. The fourth-order valence-electron chi connectivity index (χ4n) is 6.99. The predicted octanol–water partition coefficient (Wildman–Crippen LogP) is 6.33. The summed E-state index contributed by atoms with van der Waals surface area (Å²) in [6.45, 7) is 1.82. The summed E-state index contributed by atoms with van der Waals surface area (Å²) in [5, 5.41) is 11.7. The summed E-state index contributed by atoms with van der Waals surface area (Å²) >= 11 is 0. The number of imidazole rings is 1. The lowest BCUT2D eigenvalue weighted by molar-refractivity contribution is -0.253. The summed E-state index contributed by atoms with van der Waals surface area (Å²) in [4.78, 5) is 30.5. The maximum Gasteiger partial charge on any atom is 0.326 e. The van der Waals surface area contributed by atoms with E-state index in [0.717, 1.165) is 48.1 Å². The first-order valence-corrected chi connectivity index (χ1v) is 16.9. The van der Waals surface area contributed by atoms with E-state index in [2.05, 4.69) is 15.2 Å². The Balaban J connectivity index is 1.03. The molecule has 0 bridgehead atoms. The molecule has 2 fully saturated rings. The Morgan fingerprint density at radius 1 is 0.808 bits per heavy atom. The molecule has 14 heteroatoms. The van der Waals surface area contributed by atoms with E-state index in [-0.39, 0.29) is 37.1 Å². The van der Waals surface area contributed by atoms with Crippen molar-refractivity contribution in [2.75, 3.05) is 19.6 Å². The molecule has 2 aliphatic rings. The monoisotopic (exact) mass is 722 g/mol. The number of piperidine rings is 1. The Labute approximate surface area is 294 Å². The number of aliphatic hydroxyl groups is 1. The topological polar surface area (TPSA) is 109 Å². The van der Waals surface area contributed by atoms with E-state index < -0.39 is 46.8 Å². The lowest BCUT2D eigenvalue weighted by atomic mass is 9.98. The summed E-state index contributed by atoms with van der Waals surface area (Å²) in [5.74, 6) is -12.6. The molecule has 7 rings (SSSR count). The highest BCUT2D eigenvalue weighted by Gasteiger charge is 2.35. The molecule has 272 valence electrons. The molecule has 0 aliphatic carbocycles. The van der Waals surface area contributed by atoms with Crippen molar-refractivity contribution in [1.82, 2.24) is 19.8 Å². The maximum absolute atomic E-state index is 14.1. The number of halogens is 5. The number of H-pyrrole nitrogens is 1. The van der Waals surface area contributed by atoms with E-state index in [9.17, 15) is 36.6 Å². The van der Waals surface area contributed by atoms with Crippen LogP contribution in [-0.4, -0.2) is 51.2 Å². The van der Waals surface area contributed by atoms with Crippen LogP contribution in [0.5, 0.6) is 0 Å². The number of aromatic nitrogens is 2. The van der Waals surface area contributed by atoms with Crippen LogP contribution in [0.4, 0.5) is 22.0 Å². The molecule has 2 aliphatic heterocycles. The second-order valence-electron chi connectivity index (χ2n) is 13.1. The minimum absolute atomic E-state index is 0.0698. The number of nitrogens with zero attached hydrogens (tertiary/aromatic N) is 2. The molecule has 5 aromatic rings. The quantitative estimate of drug-likeness (QED) is 0.0933. The Morgan fingerprint density at radius 3 is 2.10 bits per heavy atom. The van der Waals surface area contributed by atoms with Gasteiger partial charge in [0.05, 0.1) is 29.8 Å². The Bertz CT molecular complexity index is 2100. The Morgan fingerprint density at radius 2 is 1.42 bits per heavy atom. The summed E-state index contributed by atoms with van der Waals surface area (Å²) in [7, 11) is 0. The molecule has 0 spiro atoms. The number of fused-ring (bicyclic) bond motifs is 1. The third-order valence-electron chi connectivity index (χ3n) is 9.76. The molecule has 0 saturated carbocycles. The number of aromatic amines is 1. The second-order valence-corrected chi connectivity index (χ2v) is 13.1. The van der Waals surface area contributed by atoms with Crippen LogP contribution in [0.15, 0.2) is 77.6 Å². The number of hydrogen-bond donors (Lipinski definition) is 3. The highest BCUT2D eigenvalue weighted by atomic mass is 19.2. The van der Waals surface area contributed by atoms with Crippen LogP contribution in [0, 0.1) is 29.1 Å². The van der Waals surface area contributed by atoms with Gasteiger partial charge in [-0.3, -0.25) is 9.36 Å². The molecule has 52 heavy (non-hydrogen) atoms. The van der Waals surface area contributed by atoms with Gasteiger partial charge in [0.1, 0.15) is 5.56 Å². The molecule has 3 N–H and O–H groups in total. The van der Waals surface area contributed by atoms with Gasteiger partial charge in [-0.25, -0.2) is 26.7 Å². The minimum Gasteiger partial charge on any atom is -0.392 e. The third kappa shape index (κ3) is 7.11. The van der Waals surface area contributed by atoms with Gasteiger partial charge in [-0.15, -0.1) is 0 Å². The summed E-state index contributed by atoms with van der Waals surface area (Å²) < 4.78 is 83.6. The number of carbonyl (C=O) groups is 1. The van der Waals surface area contributed by atoms with Crippen molar-refractivity contribution in [1.29, 1.82) is 0 Å². The molecule has 9 nitrogen and oxygen atoms in total. The zero-order valence-electron chi connectivity index (χ0n) is 27.8. The van der Waals surface area contributed by atoms with Gasteiger partial charge in [0.2, 0.25) is 5.82 Å². The average molecular weight is 723 g/mol. The Kier molecular flexibility index (Phi) is 10.2. The fraction of sp³-hybridized carbons (Fsp3) is 0.316. The summed E-state index contributed by atoms with van der Waals surface area (Å²) in [6.07, 6.45) is 0.818. The van der Waals surface area contributed by atoms with Crippen molar-refractivity contribution < 1.29 is 41.3 Å². The maximum atomic E-state index is 14.1. The van der Waals surface area contributed by atoms with Gasteiger partial charge in [-0.05, 0) is 41.7 Å². The zero-order chi connectivity index (χ0) is 36.5. The number of aliphatic hydroxyl groups excluding tert-OH is 1. The lowest BCUT2D eigenvalue weighted by Gasteiger charge is -2.40. The zero-order valence-corrected chi connectivity index (χ0v) is 27.8. The number of para-hydroxylation sites is 2. The molecule has 1 aromatic heterocycles. The number of nitrogens with one attached hydrogen (secondary N) is 2. The molecule has 3 heterocycles. The van der Waals surface area contributed by atoms with Crippen molar-refractivity contribution in [2.24, 2.45) is 0 Å². The summed E-state index contributed by atoms with van der Waals surface area (Å²) in [5.41, 5.74) is 2.88. The first-order chi connectivity index (χ1) is 25.1. The molecule has 4 aromatic carbocycles. The molecular formula is C38H35F5N4O5. The van der Waals surface area contributed by atoms with Crippen LogP contribution in [0.2, 0.25) is 0 Å². The van der Waals surface area contributed by atoms with Gasteiger partial charge in [-0.2, -0.15) is 0 Å². The largest absolute Gasteiger partial charge is 0.392 e. The standard InChI is InChI=1S/C38H35F5N4O5/c39-31-30(32(40)34(42)35(43)33(31)41)36(49)44-18-21-5-11-24(12-6-21)37-51-26(17-29(52-37)23-9-7-22(20-48)8-10-23)19-46-15-13-25(14-16-46)47-28-4-2-1-3-27(28)45-38(47)50/h1-12,25-26,29,37,48H,13-20H2,(H,44,49)(H,45,50). The van der Waals surface area contributed by atoms with Crippen LogP contribution in [0.1, 0.15) is 70.3 Å². The molecule has 0 radical (unpaired) electrons. The van der Waals surface area contributed by atoms with Crippen LogP contribution < -0.4 is 11.0 Å². The van der Waals surface area contributed by atoms with E-state index in [1.54, 1.807) is 24.3 Å². The number of carbonyl (C=O) groups excluding carboxylic acids is 1. The van der Waals surface area contributed by atoms with Gasteiger partial charge in [0, 0.05) is 44.2 Å². The van der Waals surface area contributed by atoms with Crippen molar-refractivity contribution in [3.63, 3.8) is 0 Å². The number of amides is 1. The first kappa shape index (κ1) is 35.5. The van der Waals surface area contributed by atoms with E-state index in [0.29, 0.717) is 24.1 Å². The molecule has 1 amide bonds. The number of benzene rings is 4. The Hall–Kier alpha value is -4.89. The van der Waals surface area contributed by atoms with Gasteiger partial charge >= 0.3 is 5.69 Å². The van der Waals surface area contributed by atoms with Crippen molar-refractivity contribution in [3.8, 4) is 0 Å². The van der Waals surface area contributed by atoms with E-state index in [1.807, 2.05) is 53.1 Å². The van der Waals surface area contributed by atoms with Gasteiger partial charge in [0.15, 0.2) is 29.6 Å². The highest BCUT2D eigenvalue weighted by molar-refractivity contribution is 5.94. The van der Waals surface area contributed by atoms with Gasteiger partial charge in [-0.1, -0.05) is 60.7 Å². The molecular weight excluding hydrogens is 687 g/mol. The summed E-state index contributed by atoms with van der Waals surface area (Å²) in [6, 6.07) is 21.9. The molecule has 2 saturated heterocycles. The lowest BCUT2D eigenvalue weighted by Crippen LogP contribution is -2.43. The molecule has 3 unspecified atom stereocenters. The smallest absolute Gasteiger partial charge is 0.326 e. The van der Waals surface area contributed by atoms with Gasteiger partial charge < -0.3 is 29.8 Å². The third-order valence-corrected chi connectivity index (χ3v) is 9.76. The van der Waals surface area contributed by atoms with Crippen LogP contribution in [-0.2, 0) is 22.6 Å². The predicted molar refractivity (Wildman–Crippen MR) is 180 cm³/mol. The van der Waals surface area contributed by atoms with Crippen molar-refractivity contribution >= 4 is 16.9 Å². The van der Waals surface area contributed by atoms with Gasteiger partial charge in [0.25, 0.3) is 5.91 Å². The molecule has 3 atom stereocenters. The number of ether oxygens (including phenoxy) is 2. The SMILES string of the molecule is O=C(NCc1ccc(C2OC(CN3CCC(n4c(=O)[nH]c5ccccc54)CC3)CC(c3ccc(CO)cc3)O2)cc1)c1c(F)c(F)c(F)c(F)c1F. The normalized spacial score (nSPS) is 20.0. The number of hydrogen-bond acceptors (Lipinski definition) is 6. The van der Waals surface area contributed by atoms with E-state index in [1.165, 1.54) is 0 Å². The number of rotatable bonds is 9. The average Bonchev–Trinajstić information content (AvgIpc) is 3.51. The van der Waals surface area contributed by atoms with Crippen molar-refractivity contribution in [3.05, 3.63) is 140 Å². The van der Waals surface area contributed by atoms with Crippen LogP contribution in [0.3, 0.4) is 0 Å². The van der Waals surface area contributed by atoms with Crippen LogP contribution in [0.25, 0.3) is 11.0 Å². The fourth-order valence-corrected chi connectivity index (χ4v) is 6.99. The van der Waals surface area contributed by atoms with Crippen LogP contribution >= 0.6 is 0 Å². The van der Waals surface area contributed by atoms with Crippen molar-refractivity contribution in [2.45, 2.75) is 57.0 Å². The number of likely N-dealkylation sites (tertiary alicyclic amines) is 1.